The Kier molecular flexibility index (Phi) is 7.73. The van der Waals surface area contributed by atoms with Crippen molar-refractivity contribution in [1.29, 1.82) is 0 Å². The van der Waals surface area contributed by atoms with Crippen molar-refractivity contribution in [1.82, 2.24) is 4.90 Å². The summed E-state index contributed by atoms with van der Waals surface area (Å²) in [5, 5.41) is 0. The molecule has 1 aliphatic rings. The molecule has 0 bridgehead atoms. The van der Waals surface area contributed by atoms with Crippen LogP contribution in [0.25, 0.3) is 0 Å². The minimum absolute atomic E-state index is 0.0864. The summed E-state index contributed by atoms with van der Waals surface area (Å²) < 4.78 is 33.9. The van der Waals surface area contributed by atoms with E-state index < -0.39 is 10.0 Å². The first-order valence-electron chi connectivity index (χ1n) is 10.9. The van der Waals surface area contributed by atoms with Gasteiger partial charge < -0.3 is 9.64 Å². The second-order valence-electron chi connectivity index (χ2n) is 8.11. The maximum atomic E-state index is 13.0. The molecule has 0 aromatic heterocycles. The van der Waals surface area contributed by atoms with Gasteiger partial charge in [-0.2, -0.15) is 0 Å². The van der Waals surface area contributed by atoms with Crippen molar-refractivity contribution in [2.75, 3.05) is 24.9 Å². The van der Waals surface area contributed by atoms with Gasteiger partial charge in [-0.15, -0.1) is 0 Å². The number of methoxy groups -OCH3 is 1. The van der Waals surface area contributed by atoms with Crippen molar-refractivity contribution < 1.29 is 17.9 Å². The zero-order chi connectivity index (χ0) is 22.4. The summed E-state index contributed by atoms with van der Waals surface area (Å²) in [5.74, 6) is -0.135. The van der Waals surface area contributed by atoms with Crippen LogP contribution in [0.1, 0.15) is 54.1 Å². The van der Waals surface area contributed by atoms with E-state index in [9.17, 15) is 13.2 Å². The molecular formula is C24H32N2O4S. The van der Waals surface area contributed by atoms with Crippen LogP contribution in [0.5, 0.6) is 0 Å². The zero-order valence-corrected chi connectivity index (χ0v) is 19.4. The minimum atomic E-state index is -3.80. The predicted molar refractivity (Wildman–Crippen MR) is 123 cm³/mol. The van der Waals surface area contributed by atoms with Gasteiger partial charge in [0.25, 0.3) is 15.9 Å². The number of aryl methyl sites for hydroxylation is 2. The topological polar surface area (TPSA) is 75.7 Å². The first-order chi connectivity index (χ1) is 14.8. The number of likely N-dealkylation sites (tertiary alicyclic amines) is 1. The van der Waals surface area contributed by atoms with Crippen molar-refractivity contribution in [3.05, 3.63) is 59.2 Å². The first-order valence-corrected chi connectivity index (χ1v) is 12.4. The second kappa shape index (κ2) is 10.3. The maximum absolute atomic E-state index is 13.0. The highest BCUT2D eigenvalue weighted by atomic mass is 32.2. The van der Waals surface area contributed by atoms with Crippen LogP contribution in [-0.4, -0.2) is 45.5 Å². The zero-order valence-electron chi connectivity index (χ0n) is 18.6. The van der Waals surface area contributed by atoms with E-state index in [1.807, 2.05) is 19.1 Å². The van der Waals surface area contributed by atoms with E-state index in [0.717, 1.165) is 37.7 Å². The summed E-state index contributed by atoms with van der Waals surface area (Å²) in [6.45, 7) is 5.19. The number of nitrogens with one attached hydrogen (secondary N) is 1. The van der Waals surface area contributed by atoms with Crippen molar-refractivity contribution in [2.24, 2.45) is 0 Å². The first kappa shape index (κ1) is 23.3. The van der Waals surface area contributed by atoms with Crippen molar-refractivity contribution in [3.63, 3.8) is 0 Å². The van der Waals surface area contributed by atoms with E-state index in [1.165, 1.54) is 11.6 Å². The fourth-order valence-electron chi connectivity index (χ4n) is 3.80. The van der Waals surface area contributed by atoms with Crippen LogP contribution in [-0.2, 0) is 21.2 Å². The Morgan fingerprint density at radius 1 is 1.13 bits per heavy atom. The Balaban J connectivity index is 1.75. The largest absolute Gasteiger partial charge is 0.381 e. The Labute approximate surface area is 185 Å². The van der Waals surface area contributed by atoms with Crippen LogP contribution in [0, 0.1) is 6.92 Å². The molecule has 2 aromatic carbocycles. The Hall–Kier alpha value is -2.38. The van der Waals surface area contributed by atoms with Crippen LogP contribution >= 0.6 is 0 Å². The number of carbonyl (C=O) groups excluding carboxylic acids is 1. The van der Waals surface area contributed by atoms with Gasteiger partial charge in [0.05, 0.1) is 11.0 Å². The van der Waals surface area contributed by atoms with E-state index in [-0.39, 0.29) is 16.9 Å². The molecular weight excluding hydrogens is 412 g/mol. The number of sulfonamides is 1. The summed E-state index contributed by atoms with van der Waals surface area (Å²) in [6, 6.07) is 12.2. The molecule has 1 saturated heterocycles. The van der Waals surface area contributed by atoms with Gasteiger partial charge in [-0.25, -0.2) is 8.42 Å². The van der Waals surface area contributed by atoms with Gasteiger partial charge in [-0.3, -0.25) is 9.52 Å². The lowest BCUT2D eigenvalue weighted by Gasteiger charge is -2.31. The van der Waals surface area contributed by atoms with Gasteiger partial charge in [0.15, 0.2) is 0 Å². The quantitative estimate of drug-likeness (QED) is 0.655. The summed E-state index contributed by atoms with van der Waals surface area (Å²) in [4.78, 5) is 14.9. The molecule has 1 amide bonds. The van der Waals surface area contributed by atoms with Crippen LogP contribution in [0.15, 0.2) is 47.4 Å². The van der Waals surface area contributed by atoms with E-state index in [0.29, 0.717) is 24.3 Å². The number of rotatable bonds is 8. The third-order valence-electron chi connectivity index (χ3n) is 5.84. The third kappa shape index (κ3) is 5.86. The average molecular weight is 445 g/mol. The lowest BCUT2D eigenvalue weighted by Crippen LogP contribution is -2.40. The highest BCUT2D eigenvalue weighted by Crippen LogP contribution is 2.23. The number of carbonyl (C=O) groups is 1. The van der Waals surface area contributed by atoms with Crippen molar-refractivity contribution in [2.45, 2.75) is 57.0 Å². The van der Waals surface area contributed by atoms with Crippen molar-refractivity contribution in [3.8, 4) is 0 Å². The molecule has 0 atom stereocenters. The third-order valence-corrected chi connectivity index (χ3v) is 7.22. The Bertz CT molecular complexity index is 995. The van der Waals surface area contributed by atoms with Gasteiger partial charge >= 0.3 is 0 Å². The highest BCUT2D eigenvalue weighted by molar-refractivity contribution is 7.92. The molecule has 7 heteroatoms. The number of ether oxygens (including phenoxy) is 1. The summed E-state index contributed by atoms with van der Waals surface area (Å²) in [5.41, 5.74) is 2.88. The second-order valence-corrected chi connectivity index (χ2v) is 9.79. The molecule has 1 fully saturated rings. The number of amides is 1. The van der Waals surface area contributed by atoms with E-state index in [4.69, 9.17) is 4.74 Å². The molecule has 1 heterocycles. The van der Waals surface area contributed by atoms with Gasteiger partial charge in [0.1, 0.15) is 0 Å². The Morgan fingerprint density at radius 2 is 1.81 bits per heavy atom. The Morgan fingerprint density at radius 3 is 2.42 bits per heavy atom. The van der Waals surface area contributed by atoms with Crippen LogP contribution in [0.3, 0.4) is 0 Å². The molecule has 0 unspecified atom stereocenters. The SMILES string of the molecule is CCCCc1ccc(NS(=O)(=O)c2ccc(C)c(C(=O)N3CCC(OC)CC3)c2)cc1. The van der Waals surface area contributed by atoms with Crippen LogP contribution in [0.2, 0.25) is 0 Å². The van der Waals surface area contributed by atoms with Gasteiger partial charge in [0.2, 0.25) is 0 Å². The number of benzene rings is 2. The summed E-state index contributed by atoms with van der Waals surface area (Å²) >= 11 is 0. The van der Waals surface area contributed by atoms with Gasteiger partial charge in [0, 0.05) is 31.5 Å². The lowest BCUT2D eigenvalue weighted by atomic mass is 10.0. The molecule has 0 saturated carbocycles. The maximum Gasteiger partial charge on any atom is 0.261 e. The molecule has 0 spiro atoms. The number of piperidine rings is 1. The van der Waals surface area contributed by atoms with Crippen LogP contribution < -0.4 is 4.72 Å². The van der Waals surface area contributed by atoms with Crippen molar-refractivity contribution >= 4 is 21.6 Å². The molecule has 6 nitrogen and oxygen atoms in total. The smallest absolute Gasteiger partial charge is 0.261 e. The van der Waals surface area contributed by atoms with Crippen LogP contribution in [0.4, 0.5) is 5.69 Å². The average Bonchev–Trinajstić information content (AvgIpc) is 2.78. The molecule has 0 aliphatic carbocycles. The number of anilines is 1. The highest BCUT2D eigenvalue weighted by Gasteiger charge is 2.26. The van der Waals surface area contributed by atoms with E-state index in [2.05, 4.69) is 11.6 Å². The molecule has 2 aromatic rings. The molecule has 31 heavy (non-hydrogen) atoms. The monoisotopic (exact) mass is 444 g/mol. The summed E-state index contributed by atoms with van der Waals surface area (Å²) in [6.07, 6.45) is 4.95. The fourth-order valence-corrected chi connectivity index (χ4v) is 4.88. The number of hydrogen-bond acceptors (Lipinski definition) is 4. The minimum Gasteiger partial charge on any atom is -0.381 e. The van der Waals surface area contributed by atoms with Gasteiger partial charge in [-0.1, -0.05) is 31.5 Å². The number of hydrogen-bond donors (Lipinski definition) is 1. The lowest BCUT2D eigenvalue weighted by molar-refractivity contribution is 0.0350. The number of nitrogens with zero attached hydrogens (tertiary/aromatic N) is 1. The number of unbranched alkanes of at least 4 members (excludes halogenated alkanes) is 1. The molecule has 0 radical (unpaired) electrons. The summed E-state index contributed by atoms with van der Waals surface area (Å²) in [7, 11) is -2.11. The fraction of sp³-hybridized carbons (Fsp3) is 0.458. The molecule has 168 valence electrons. The standard InChI is InChI=1S/C24H32N2O4S/c1-4-5-6-19-8-10-20(11-9-19)25-31(28,29)22-12-7-18(2)23(17-22)24(27)26-15-13-21(30-3)14-16-26/h7-12,17,21,25H,4-6,13-16H2,1-3H3. The molecule has 3 rings (SSSR count). The normalized spacial score (nSPS) is 15.1. The molecule has 1 N–H and O–H groups in total. The van der Waals surface area contributed by atoms with E-state index >= 15 is 0 Å². The van der Waals surface area contributed by atoms with E-state index in [1.54, 1.807) is 36.3 Å². The molecule has 1 aliphatic heterocycles. The van der Waals surface area contributed by atoms with Gasteiger partial charge in [-0.05, 0) is 68.0 Å². The predicted octanol–water partition coefficient (Wildman–Crippen LogP) is 4.39.